The molecule has 7 nitrogen and oxygen atoms in total. The number of hydrogen-bond acceptors (Lipinski definition) is 6. The largest absolute Gasteiger partial charge is 0.487 e. The Labute approximate surface area is 128 Å². The van der Waals surface area contributed by atoms with Gasteiger partial charge in [0.25, 0.3) is 0 Å². The predicted octanol–water partition coefficient (Wildman–Crippen LogP) is 0.699. The maximum atomic E-state index is 9.52. The van der Waals surface area contributed by atoms with Gasteiger partial charge in [-0.2, -0.15) is 5.26 Å². The normalized spacial score (nSPS) is 12.0. The van der Waals surface area contributed by atoms with Crippen LogP contribution in [0.25, 0.3) is 0 Å². The Morgan fingerprint density at radius 1 is 1.41 bits per heavy atom. The number of aliphatic hydroxyl groups excluding tert-OH is 2. The van der Waals surface area contributed by atoms with Crippen LogP contribution >= 0.6 is 0 Å². The number of nitriles is 1. The molecule has 0 saturated heterocycles. The minimum atomic E-state index is -0.965. The van der Waals surface area contributed by atoms with Gasteiger partial charge in [0.15, 0.2) is 5.69 Å². The summed E-state index contributed by atoms with van der Waals surface area (Å²) in [6.07, 6.45) is -0.965. The maximum absolute atomic E-state index is 9.52. The van der Waals surface area contributed by atoms with E-state index in [1.807, 2.05) is 38.1 Å². The maximum Gasteiger partial charge on any atom is 0.189 e. The van der Waals surface area contributed by atoms with E-state index in [-0.39, 0.29) is 25.5 Å². The van der Waals surface area contributed by atoms with Crippen LogP contribution in [0.15, 0.2) is 18.2 Å². The molecule has 0 spiro atoms. The fraction of sp³-hybridized carbons (Fsp3) is 0.400. The third-order valence-electron chi connectivity index (χ3n) is 3.25. The van der Waals surface area contributed by atoms with Crippen molar-refractivity contribution in [3.63, 3.8) is 0 Å². The van der Waals surface area contributed by atoms with Gasteiger partial charge in [-0.3, -0.25) is 0 Å². The third-order valence-corrected chi connectivity index (χ3v) is 3.25. The zero-order valence-corrected chi connectivity index (χ0v) is 12.5. The van der Waals surface area contributed by atoms with E-state index >= 15 is 0 Å². The molecule has 0 radical (unpaired) electrons. The molecule has 2 N–H and O–H groups in total. The van der Waals surface area contributed by atoms with Crippen LogP contribution in [0.5, 0.6) is 5.75 Å². The number of benzene rings is 1. The highest BCUT2D eigenvalue weighted by molar-refractivity contribution is 5.36. The molecule has 0 saturated carbocycles. The Bertz CT molecular complexity index is 691. The van der Waals surface area contributed by atoms with Crippen molar-refractivity contribution >= 4 is 0 Å². The Morgan fingerprint density at radius 3 is 2.86 bits per heavy atom. The van der Waals surface area contributed by atoms with Crippen molar-refractivity contribution in [3.05, 3.63) is 40.7 Å². The summed E-state index contributed by atoms with van der Waals surface area (Å²) in [6.45, 7) is 3.68. The van der Waals surface area contributed by atoms with Crippen LogP contribution in [-0.2, 0) is 13.2 Å². The Hall–Kier alpha value is -2.43. The SMILES string of the molecule is Cc1ccc(C)c(OCc2c(C#N)nnn2CC(O)CO)c1. The van der Waals surface area contributed by atoms with Crippen LogP contribution in [-0.4, -0.2) is 37.9 Å². The first kappa shape index (κ1) is 15.9. The molecule has 1 unspecified atom stereocenters. The third kappa shape index (κ3) is 3.61. The lowest BCUT2D eigenvalue weighted by Crippen LogP contribution is -2.22. The topological polar surface area (TPSA) is 104 Å². The van der Waals surface area contributed by atoms with Gasteiger partial charge in [0.05, 0.1) is 19.3 Å². The molecule has 0 fully saturated rings. The molecule has 1 aromatic heterocycles. The van der Waals surface area contributed by atoms with Crippen molar-refractivity contribution in [2.24, 2.45) is 0 Å². The van der Waals surface area contributed by atoms with Crippen molar-refractivity contribution < 1.29 is 14.9 Å². The van der Waals surface area contributed by atoms with Gasteiger partial charge < -0.3 is 14.9 Å². The molecule has 2 aromatic rings. The molecule has 7 heteroatoms. The smallest absolute Gasteiger partial charge is 0.189 e. The van der Waals surface area contributed by atoms with Gasteiger partial charge in [0.2, 0.25) is 0 Å². The molecule has 0 bridgehead atoms. The zero-order chi connectivity index (χ0) is 16.1. The van der Waals surface area contributed by atoms with Gasteiger partial charge in [-0.05, 0) is 31.0 Å². The Morgan fingerprint density at radius 2 is 2.18 bits per heavy atom. The summed E-state index contributed by atoms with van der Waals surface area (Å²) in [7, 11) is 0. The van der Waals surface area contributed by atoms with Crippen LogP contribution in [0.3, 0.4) is 0 Å². The Balaban J connectivity index is 2.19. The molecule has 2 rings (SSSR count). The van der Waals surface area contributed by atoms with E-state index in [0.29, 0.717) is 5.69 Å². The van der Waals surface area contributed by atoms with E-state index in [4.69, 9.17) is 15.1 Å². The Kier molecular flexibility index (Phi) is 5.09. The molecule has 1 atom stereocenters. The number of hydrogen-bond donors (Lipinski definition) is 2. The molecule has 0 amide bonds. The summed E-state index contributed by atoms with van der Waals surface area (Å²) in [5, 5.41) is 35.1. The fourth-order valence-electron chi connectivity index (χ4n) is 1.98. The molecular weight excluding hydrogens is 284 g/mol. The van der Waals surface area contributed by atoms with Crippen LogP contribution in [0.2, 0.25) is 0 Å². The number of aryl methyl sites for hydroxylation is 2. The van der Waals surface area contributed by atoms with E-state index in [1.165, 1.54) is 4.68 Å². The second-order valence-corrected chi connectivity index (χ2v) is 5.07. The molecule has 0 aliphatic heterocycles. The lowest BCUT2D eigenvalue weighted by atomic mass is 10.1. The van der Waals surface area contributed by atoms with Crippen molar-refractivity contribution in [1.82, 2.24) is 15.0 Å². The summed E-state index contributed by atoms with van der Waals surface area (Å²) in [4.78, 5) is 0. The van der Waals surface area contributed by atoms with Crippen LogP contribution in [0.1, 0.15) is 22.5 Å². The first-order valence-corrected chi connectivity index (χ1v) is 6.86. The number of rotatable bonds is 6. The highest BCUT2D eigenvalue weighted by Gasteiger charge is 2.16. The molecule has 1 heterocycles. The number of ether oxygens (including phenoxy) is 1. The molecular formula is C15H18N4O3. The van der Waals surface area contributed by atoms with Gasteiger partial charge in [-0.25, -0.2) is 4.68 Å². The van der Waals surface area contributed by atoms with E-state index in [0.717, 1.165) is 16.9 Å². The van der Waals surface area contributed by atoms with Crippen LogP contribution < -0.4 is 4.74 Å². The monoisotopic (exact) mass is 302 g/mol. The second-order valence-electron chi connectivity index (χ2n) is 5.07. The van der Waals surface area contributed by atoms with Crippen molar-refractivity contribution in [2.75, 3.05) is 6.61 Å². The number of nitrogens with zero attached hydrogens (tertiary/aromatic N) is 4. The highest BCUT2D eigenvalue weighted by Crippen LogP contribution is 2.21. The first-order chi connectivity index (χ1) is 10.5. The quantitative estimate of drug-likeness (QED) is 0.814. The van der Waals surface area contributed by atoms with E-state index < -0.39 is 6.10 Å². The highest BCUT2D eigenvalue weighted by atomic mass is 16.5. The minimum Gasteiger partial charge on any atom is -0.487 e. The molecule has 22 heavy (non-hydrogen) atoms. The summed E-state index contributed by atoms with van der Waals surface area (Å²) in [6, 6.07) is 7.82. The van der Waals surface area contributed by atoms with Gasteiger partial charge in [-0.15, -0.1) is 5.10 Å². The van der Waals surface area contributed by atoms with Crippen LogP contribution in [0.4, 0.5) is 0 Å². The van der Waals surface area contributed by atoms with E-state index in [1.54, 1.807) is 0 Å². The molecule has 0 aliphatic carbocycles. The van der Waals surface area contributed by atoms with Crippen molar-refractivity contribution in [2.45, 2.75) is 33.1 Å². The minimum absolute atomic E-state index is 0.0523. The van der Waals surface area contributed by atoms with Gasteiger partial charge in [0.1, 0.15) is 24.1 Å². The zero-order valence-electron chi connectivity index (χ0n) is 12.5. The molecule has 1 aromatic carbocycles. The summed E-state index contributed by atoms with van der Waals surface area (Å²) in [5.41, 5.74) is 2.67. The summed E-state index contributed by atoms with van der Waals surface area (Å²) in [5.74, 6) is 0.722. The van der Waals surface area contributed by atoms with Gasteiger partial charge >= 0.3 is 0 Å². The summed E-state index contributed by atoms with van der Waals surface area (Å²) < 4.78 is 7.14. The summed E-state index contributed by atoms with van der Waals surface area (Å²) >= 11 is 0. The lowest BCUT2D eigenvalue weighted by Gasteiger charge is -2.12. The standard InChI is InChI=1S/C15H18N4O3/c1-10-3-4-11(2)15(5-10)22-9-14-13(6-16)17-18-19(14)7-12(21)8-20/h3-5,12,20-21H,7-9H2,1-2H3. The molecule has 116 valence electrons. The predicted molar refractivity (Wildman–Crippen MR) is 78.1 cm³/mol. The van der Waals surface area contributed by atoms with Gasteiger partial charge in [-0.1, -0.05) is 17.3 Å². The number of aromatic nitrogens is 3. The van der Waals surface area contributed by atoms with Crippen molar-refractivity contribution in [1.29, 1.82) is 5.26 Å². The number of aliphatic hydroxyl groups is 2. The average molecular weight is 302 g/mol. The van der Waals surface area contributed by atoms with Gasteiger partial charge in [0, 0.05) is 0 Å². The molecule has 0 aliphatic rings. The average Bonchev–Trinajstić information content (AvgIpc) is 2.89. The van der Waals surface area contributed by atoms with E-state index in [2.05, 4.69) is 10.3 Å². The van der Waals surface area contributed by atoms with E-state index in [9.17, 15) is 5.11 Å². The lowest BCUT2D eigenvalue weighted by molar-refractivity contribution is 0.0761. The fourth-order valence-corrected chi connectivity index (χ4v) is 1.98. The first-order valence-electron chi connectivity index (χ1n) is 6.86. The van der Waals surface area contributed by atoms with Crippen molar-refractivity contribution in [3.8, 4) is 11.8 Å². The second kappa shape index (κ2) is 7.02. The van der Waals surface area contributed by atoms with Crippen LogP contribution in [0, 0.1) is 25.2 Å².